The van der Waals surface area contributed by atoms with Gasteiger partial charge in [0.25, 0.3) is 0 Å². The van der Waals surface area contributed by atoms with Crippen LogP contribution in [0.5, 0.6) is 0 Å². The molecule has 7 aromatic rings. The Balaban J connectivity index is 1.66. The Morgan fingerprint density at radius 3 is 0.870 bits per heavy atom. The molecule has 2 heterocycles. The molecule has 2 aromatic heterocycles. The number of nitrogens with zero attached hydrogens (tertiary/aromatic N) is 2. The van der Waals surface area contributed by atoms with Crippen LogP contribution in [0.1, 0.15) is 0 Å². The molecule has 0 aliphatic rings. The van der Waals surface area contributed by atoms with Gasteiger partial charge in [0.1, 0.15) is 0 Å². The lowest BCUT2D eigenvalue weighted by atomic mass is 10.0. The first kappa shape index (κ1) is 29.6. The summed E-state index contributed by atoms with van der Waals surface area (Å²) in [5, 5.41) is 4.22. The highest BCUT2D eigenvalue weighted by atomic mass is 31.2. The van der Waals surface area contributed by atoms with Crippen molar-refractivity contribution in [2.24, 2.45) is 0 Å². The Morgan fingerprint density at radius 1 is 0.348 bits per heavy atom. The summed E-state index contributed by atoms with van der Waals surface area (Å²) in [7, 11) is -6.94. The first-order valence-corrected chi connectivity index (χ1v) is 18.4. The summed E-state index contributed by atoms with van der Waals surface area (Å²) >= 11 is 0. The molecule has 0 saturated carbocycles. The van der Waals surface area contributed by atoms with Crippen LogP contribution in [0.25, 0.3) is 22.3 Å². The average molecular weight is 633 g/mol. The summed E-state index contributed by atoms with van der Waals surface area (Å²) in [6, 6.07) is 50.3. The molecule has 7 rings (SSSR count). The van der Waals surface area contributed by atoms with Crippen LogP contribution < -0.4 is 31.8 Å². The van der Waals surface area contributed by atoms with E-state index >= 15 is 9.13 Å². The van der Waals surface area contributed by atoms with Crippen molar-refractivity contribution in [1.82, 2.24) is 9.97 Å². The smallest absolute Gasteiger partial charge is 0.171 e. The van der Waals surface area contributed by atoms with Gasteiger partial charge in [0, 0.05) is 56.6 Å². The van der Waals surface area contributed by atoms with E-state index < -0.39 is 14.3 Å². The summed E-state index contributed by atoms with van der Waals surface area (Å²) in [5.74, 6) is 0. The number of hydrogen-bond acceptors (Lipinski definition) is 4. The highest BCUT2D eigenvalue weighted by Crippen LogP contribution is 2.50. The Kier molecular flexibility index (Phi) is 8.16. The van der Waals surface area contributed by atoms with E-state index in [2.05, 4.69) is 9.97 Å². The Hall–Kier alpha value is -5.14. The summed E-state index contributed by atoms with van der Waals surface area (Å²) < 4.78 is 32.0. The number of rotatable bonds is 8. The predicted molar refractivity (Wildman–Crippen MR) is 192 cm³/mol. The average Bonchev–Trinajstić information content (AvgIpc) is 3.16. The second-order valence-corrected chi connectivity index (χ2v) is 16.4. The zero-order valence-electron chi connectivity index (χ0n) is 24.9. The van der Waals surface area contributed by atoms with Gasteiger partial charge in [-0.1, -0.05) is 121 Å². The number of hydrogen-bond donors (Lipinski definition) is 0. The molecule has 0 N–H and O–H groups in total. The Labute approximate surface area is 269 Å². The Morgan fingerprint density at radius 2 is 0.609 bits per heavy atom. The van der Waals surface area contributed by atoms with Crippen LogP contribution in [0, 0.1) is 0 Å². The number of aromatic nitrogens is 2. The van der Waals surface area contributed by atoms with E-state index in [4.69, 9.17) is 0 Å². The number of pyridine rings is 2. The normalized spacial score (nSPS) is 11.7. The molecular weight excluding hydrogens is 602 g/mol. The highest BCUT2D eigenvalue weighted by Gasteiger charge is 2.38. The molecule has 0 bridgehead atoms. The van der Waals surface area contributed by atoms with E-state index in [-0.39, 0.29) is 0 Å². The molecule has 0 radical (unpaired) electrons. The van der Waals surface area contributed by atoms with Crippen LogP contribution in [-0.4, -0.2) is 9.97 Å². The summed E-state index contributed by atoms with van der Waals surface area (Å²) in [6.07, 6.45) is 6.94. The second-order valence-electron chi connectivity index (χ2n) is 10.9. The van der Waals surface area contributed by atoms with Crippen LogP contribution in [-0.2, 0) is 9.13 Å². The van der Waals surface area contributed by atoms with E-state index in [9.17, 15) is 0 Å². The molecule has 0 saturated heterocycles. The summed E-state index contributed by atoms with van der Waals surface area (Å²) in [5.41, 5.74) is 3.18. The fourth-order valence-electron chi connectivity index (χ4n) is 6.03. The van der Waals surface area contributed by atoms with E-state index in [0.717, 1.165) is 43.5 Å². The van der Waals surface area contributed by atoms with Crippen LogP contribution in [0.3, 0.4) is 0 Å². The third-order valence-electron chi connectivity index (χ3n) is 8.25. The van der Waals surface area contributed by atoms with Gasteiger partial charge in [-0.3, -0.25) is 9.97 Å². The molecule has 222 valence electrons. The molecule has 0 unspecified atom stereocenters. The van der Waals surface area contributed by atoms with Crippen molar-refractivity contribution in [3.05, 3.63) is 183 Å². The lowest BCUT2D eigenvalue weighted by molar-refractivity contribution is 0.591. The summed E-state index contributed by atoms with van der Waals surface area (Å²) in [4.78, 5) is 8.56. The van der Waals surface area contributed by atoms with Gasteiger partial charge in [-0.15, -0.1) is 0 Å². The molecule has 0 spiro atoms. The van der Waals surface area contributed by atoms with Crippen molar-refractivity contribution in [1.29, 1.82) is 0 Å². The maximum atomic E-state index is 16.0. The van der Waals surface area contributed by atoms with Gasteiger partial charge in [0.15, 0.2) is 14.3 Å². The maximum Gasteiger partial charge on any atom is 0.171 e. The molecule has 0 fully saturated rings. The van der Waals surface area contributed by atoms with Crippen molar-refractivity contribution in [2.75, 3.05) is 0 Å². The van der Waals surface area contributed by atoms with Crippen molar-refractivity contribution >= 4 is 46.1 Å². The molecule has 46 heavy (non-hydrogen) atoms. The zero-order chi connectivity index (χ0) is 31.4. The molecule has 0 aliphatic carbocycles. The summed E-state index contributed by atoms with van der Waals surface area (Å²) in [6.45, 7) is 0. The van der Waals surface area contributed by atoms with E-state index in [1.54, 1.807) is 24.8 Å². The van der Waals surface area contributed by atoms with Gasteiger partial charge in [-0.2, -0.15) is 0 Å². The van der Waals surface area contributed by atoms with Gasteiger partial charge in [0.05, 0.1) is 0 Å². The molecule has 4 nitrogen and oxygen atoms in total. The van der Waals surface area contributed by atoms with Gasteiger partial charge in [0.2, 0.25) is 0 Å². The fourth-order valence-corrected chi connectivity index (χ4v) is 11.8. The topological polar surface area (TPSA) is 59.9 Å². The van der Waals surface area contributed by atoms with Crippen LogP contribution in [0.15, 0.2) is 183 Å². The first-order valence-electron chi connectivity index (χ1n) is 15.0. The molecule has 0 amide bonds. The van der Waals surface area contributed by atoms with Crippen molar-refractivity contribution in [3.8, 4) is 22.3 Å². The van der Waals surface area contributed by atoms with Gasteiger partial charge >= 0.3 is 0 Å². The quantitative estimate of drug-likeness (QED) is 0.168. The molecule has 0 aliphatic heterocycles. The van der Waals surface area contributed by atoms with Crippen molar-refractivity contribution in [2.45, 2.75) is 0 Å². The van der Waals surface area contributed by atoms with Gasteiger partial charge < -0.3 is 9.13 Å². The molecule has 6 heteroatoms. The molecule has 5 aromatic carbocycles. The third kappa shape index (κ3) is 5.26. The minimum atomic E-state index is -3.47. The Bertz CT molecular complexity index is 1930. The van der Waals surface area contributed by atoms with Crippen molar-refractivity contribution < 1.29 is 9.13 Å². The minimum absolute atomic E-state index is 0.666. The maximum absolute atomic E-state index is 16.0. The third-order valence-corrected chi connectivity index (χ3v) is 14.5. The number of benzene rings is 5. The fraction of sp³-hybridized carbons (Fsp3) is 0. The monoisotopic (exact) mass is 632 g/mol. The largest absolute Gasteiger partial charge is 0.309 e. The van der Waals surface area contributed by atoms with Crippen molar-refractivity contribution in [3.63, 3.8) is 0 Å². The standard InChI is InChI=1S/C40H30N2O2P2/c43-45(33-13-5-1-6-14-33,34-15-7-2-8-16-34)39-29-38(32-23-27-42-28-24-32)40(30-37(39)31-21-25-41-26-22-31)46(44,35-17-9-3-10-18-35)36-19-11-4-12-20-36/h1-30H. The van der Waals surface area contributed by atoms with Crippen LogP contribution in [0.4, 0.5) is 0 Å². The van der Waals surface area contributed by atoms with Crippen LogP contribution in [0.2, 0.25) is 0 Å². The predicted octanol–water partition coefficient (Wildman–Crippen LogP) is 7.09. The van der Waals surface area contributed by atoms with E-state index in [0.29, 0.717) is 10.6 Å². The van der Waals surface area contributed by atoms with E-state index in [1.807, 2.05) is 158 Å². The minimum Gasteiger partial charge on any atom is -0.309 e. The second kappa shape index (κ2) is 12.7. The van der Waals surface area contributed by atoms with E-state index in [1.165, 1.54) is 0 Å². The highest BCUT2D eigenvalue weighted by molar-refractivity contribution is 7.86. The lowest BCUT2D eigenvalue weighted by Gasteiger charge is -2.28. The lowest BCUT2D eigenvalue weighted by Crippen LogP contribution is -2.31. The zero-order valence-corrected chi connectivity index (χ0v) is 26.7. The molecule has 0 atom stereocenters. The van der Waals surface area contributed by atoms with Gasteiger partial charge in [-0.05, 0) is 58.7 Å². The molecular formula is C40H30N2O2P2. The van der Waals surface area contributed by atoms with Crippen LogP contribution >= 0.6 is 14.3 Å². The first-order chi connectivity index (χ1) is 22.6. The van der Waals surface area contributed by atoms with Gasteiger partial charge in [-0.25, -0.2) is 0 Å². The SMILES string of the molecule is O=P(c1ccccc1)(c1ccccc1)c1cc(-c2ccncc2)c(P(=O)(c2ccccc2)c2ccccc2)cc1-c1ccncc1.